The SMILES string of the molecule is CN1CC=C(c2ccccc2)C[C@@H]1C#N. The van der Waals surface area contributed by atoms with E-state index in [2.05, 4.69) is 29.2 Å². The summed E-state index contributed by atoms with van der Waals surface area (Å²) in [5.74, 6) is 0. The van der Waals surface area contributed by atoms with E-state index in [0.29, 0.717) is 0 Å². The Bertz CT molecular complexity index is 400. The molecule has 0 fully saturated rings. The highest BCUT2D eigenvalue weighted by molar-refractivity contribution is 5.67. The van der Waals surface area contributed by atoms with Crippen molar-refractivity contribution in [3.05, 3.63) is 42.0 Å². The van der Waals surface area contributed by atoms with Crippen LogP contribution in [0.3, 0.4) is 0 Å². The highest BCUT2D eigenvalue weighted by Crippen LogP contribution is 2.24. The van der Waals surface area contributed by atoms with Gasteiger partial charge in [0, 0.05) is 13.0 Å². The van der Waals surface area contributed by atoms with E-state index >= 15 is 0 Å². The van der Waals surface area contributed by atoms with Gasteiger partial charge < -0.3 is 0 Å². The van der Waals surface area contributed by atoms with E-state index in [0.717, 1.165) is 13.0 Å². The van der Waals surface area contributed by atoms with Crippen LogP contribution < -0.4 is 0 Å². The quantitative estimate of drug-likeness (QED) is 0.692. The summed E-state index contributed by atoms with van der Waals surface area (Å²) in [6.07, 6.45) is 3.04. The number of benzene rings is 1. The molecule has 1 heterocycles. The van der Waals surface area contributed by atoms with Crippen LogP contribution in [0.15, 0.2) is 36.4 Å². The fraction of sp³-hybridized carbons (Fsp3) is 0.308. The molecule has 1 atom stereocenters. The minimum atomic E-state index is 0.0187. The zero-order valence-electron chi connectivity index (χ0n) is 8.85. The first kappa shape index (κ1) is 9.95. The predicted molar refractivity (Wildman–Crippen MR) is 61.1 cm³/mol. The van der Waals surface area contributed by atoms with Crippen LogP contribution in [0.5, 0.6) is 0 Å². The molecule has 0 N–H and O–H groups in total. The standard InChI is InChI=1S/C13H14N2/c1-15-8-7-12(9-13(15)10-14)11-5-3-2-4-6-11/h2-7,13H,8-9H2,1H3/t13-/m1/s1. The Balaban J connectivity index is 2.23. The third-order valence-corrected chi connectivity index (χ3v) is 2.86. The van der Waals surface area contributed by atoms with Crippen LogP contribution in [0.1, 0.15) is 12.0 Å². The first-order valence-corrected chi connectivity index (χ1v) is 5.15. The molecule has 2 rings (SSSR count). The number of nitrogens with zero attached hydrogens (tertiary/aromatic N) is 2. The Morgan fingerprint density at radius 1 is 1.33 bits per heavy atom. The molecule has 0 saturated carbocycles. The second-order valence-electron chi connectivity index (χ2n) is 3.88. The van der Waals surface area contributed by atoms with Gasteiger partial charge in [-0.3, -0.25) is 4.90 Å². The summed E-state index contributed by atoms with van der Waals surface area (Å²) in [5, 5.41) is 9.01. The van der Waals surface area contributed by atoms with Crippen molar-refractivity contribution >= 4 is 5.57 Å². The lowest BCUT2D eigenvalue weighted by Gasteiger charge is -2.27. The van der Waals surface area contributed by atoms with Gasteiger partial charge in [0.15, 0.2) is 0 Å². The van der Waals surface area contributed by atoms with Crippen LogP contribution in [0.2, 0.25) is 0 Å². The zero-order chi connectivity index (χ0) is 10.7. The average molecular weight is 198 g/mol. The first-order valence-electron chi connectivity index (χ1n) is 5.15. The minimum absolute atomic E-state index is 0.0187. The maximum absolute atomic E-state index is 9.01. The van der Waals surface area contributed by atoms with E-state index < -0.39 is 0 Å². The molecule has 0 bridgehead atoms. The van der Waals surface area contributed by atoms with Gasteiger partial charge in [-0.15, -0.1) is 0 Å². The van der Waals surface area contributed by atoms with Crippen LogP contribution in [0, 0.1) is 11.3 Å². The largest absolute Gasteiger partial charge is 0.287 e. The van der Waals surface area contributed by atoms with Crippen LogP contribution in [0.4, 0.5) is 0 Å². The first-order chi connectivity index (χ1) is 7.31. The topological polar surface area (TPSA) is 27.0 Å². The van der Waals surface area contributed by atoms with Crippen molar-refractivity contribution in [1.29, 1.82) is 5.26 Å². The molecular formula is C13H14N2. The molecule has 1 aliphatic rings. The molecule has 2 nitrogen and oxygen atoms in total. The molecule has 1 aromatic carbocycles. The van der Waals surface area contributed by atoms with Crippen molar-refractivity contribution in [3.8, 4) is 6.07 Å². The van der Waals surface area contributed by atoms with Crippen LogP contribution in [0.25, 0.3) is 5.57 Å². The molecule has 1 aliphatic heterocycles. The number of hydrogen-bond donors (Lipinski definition) is 0. The van der Waals surface area contributed by atoms with Crippen LogP contribution in [-0.4, -0.2) is 24.5 Å². The summed E-state index contributed by atoms with van der Waals surface area (Å²) in [4.78, 5) is 2.08. The highest BCUT2D eigenvalue weighted by Gasteiger charge is 2.20. The van der Waals surface area contributed by atoms with Crippen LogP contribution in [-0.2, 0) is 0 Å². The molecule has 0 amide bonds. The summed E-state index contributed by atoms with van der Waals surface area (Å²) in [7, 11) is 1.99. The smallest absolute Gasteiger partial charge is 0.102 e. The minimum Gasteiger partial charge on any atom is -0.287 e. The summed E-state index contributed by atoms with van der Waals surface area (Å²) in [6.45, 7) is 0.864. The lowest BCUT2D eigenvalue weighted by molar-refractivity contribution is 0.311. The molecule has 2 heteroatoms. The van der Waals surface area contributed by atoms with Crippen LogP contribution >= 0.6 is 0 Å². The number of nitriles is 1. The molecule has 0 saturated heterocycles. The van der Waals surface area contributed by atoms with Crippen molar-refractivity contribution in [2.24, 2.45) is 0 Å². The zero-order valence-corrected chi connectivity index (χ0v) is 8.85. The van der Waals surface area contributed by atoms with Gasteiger partial charge in [0.2, 0.25) is 0 Å². The lowest BCUT2D eigenvalue weighted by atomic mass is 9.95. The second kappa shape index (κ2) is 4.29. The van der Waals surface area contributed by atoms with E-state index in [-0.39, 0.29) is 6.04 Å². The Morgan fingerprint density at radius 2 is 2.07 bits per heavy atom. The maximum Gasteiger partial charge on any atom is 0.102 e. The summed E-state index contributed by atoms with van der Waals surface area (Å²) in [6, 6.07) is 12.7. The number of hydrogen-bond acceptors (Lipinski definition) is 2. The van der Waals surface area contributed by atoms with E-state index in [1.54, 1.807) is 0 Å². The summed E-state index contributed by atoms with van der Waals surface area (Å²) < 4.78 is 0. The van der Waals surface area contributed by atoms with E-state index in [1.807, 2.05) is 25.2 Å². The van der Waals surface area contributed by atoms with E-state index in [9.17, 15) is 0 Å². The van der Waals surface area contributed by atoms with Gasteiger partial charge >= 0.3 is 0 Å². The second-order valence-corrected chi connectivity index (χ2v) is 3.88. The maximum atomic E-state index is 9.01. The van der Waals surface area contributed by atoms with E-state index in [4.69, 9.17) is 5.26 Å². The summed E-state index contributed by atoms with van der Waals surface area (Å²) in [5.41, 5.74) is 2.53. The fourth-order valence-corrected chi connectivity index (χ4v) is 1.86. The Morgan fingerprint density at radius 3 is 2.73 bits per heavy atom. The molecule has 15 heavy (non-hydrogen) atoms. The molecule has 0 aromatic heterocycles. The molecule has 0 radical (unpaired) electrons. The monoisotopic (exact) mass is 198 g/mol. The Labute approximate surface area is 90.4 Å². The molecular weight excluding hydrogens is 184 g/mol. The molecule has 0 aliphatic carbocycles. The molecule has 1 aromatic rings. The van der Waals surface area contributed by atoms with Gasteiger partial charge in [-0.2, -0.15) is 5.26 Å². The molecule has 0 unspecified atom stereocenters. The number of rotatable bonds is 1. The normalized spacial score (nSPS) is 21.9. The summed E-state index contributed by atoms with van der Waals surface area (Å²) >= 11 is 0. The average Bonchev–Trinajstić information content (AvgIpc) is 2.31. The molecule has 76 valence electrons. The van der Waals surface area contributed by atoms with Gasteiger partial charge in [0.1, 0.15) is 6.04 Å². The van der Waals surface area contributed by atoms with Gasteiger partial charge in [-0.1, -0.05) is 36.4 Å². The van der Waals surface area contributed by atoms with Gasteiger partial charge in [-0.05, 0) is 18.2 Å². The van der Waals surface area contributed by atoms with Gasteiger partial charge in [0.25, 0.3) is 0 Å². The Hall–Kier alpha value is -1.59. The third kappa shape index (κ3) is 2.08. The van der Waals surface area contributed by atoms with Gasteiger partial charge in [0.05, 0.1) is 6.07 Å². The van der Waals surface area contributed by atoms with Gasteiger partial charge in [-0.25, -0.2) is 0 Å². The van der Waals surface area contributed by atoms with Crippen molar-refractivity contribution in [1.82, 2.24) is 4.90 Å². The fourth-order valence-electron chi connectivity index (χ4n) is 1.86. The van der Waals surface area contributed by atoms with E-state index in [1.165, 1.54) is 11.1 Å². The highest BCUT2D eigenvalue weighted by atomic mass is 15.1. The van der Waals surface area contributed by atoms with Crippen molar-refractivity contribution in [2.45, 2.75) is 12.5 Å². The van der Waals surface area contributed by atoms with Crippen molar-refractivity contribution in [3.63, 3.8) is 0 Å². The Kier molecular flexibility index (Phi) is 2.84. The number of likely N-dealkylation sites (N-methyl/N-ethyl adjacent to an activating group) is 1. The predicted octanol–water partition coefficient (Wildman–Crippen LogP) is 2.30. The molecule has 0 spiro atoms. The lowest BCUT2D eigenvalue weighted by Crippen LogP contribution is -2.33. The van der Waals surface area contributed by atoms with Crippen molar-refractivity contribution in [2.75, 3.05) is 13.6 Å². The third-order valence-electron chi connectivity index (χ3n) is 2.86. The van der Waals surface area contributed by atoms with Crippen molar-refractivity contribution < 1.29 is 0 Å².